The van der Waals surface area contributed by atoms with Crippen LogP contribution >= 0.6 is 11.6 Å². The van der Waals surface area contributed by atoms with Crippen LogP contribution in [0.5, 0.6) is 0 Å². The van der Waals surface area contributed by atoms with E-state index in [0.717, 1.165) is 12.8 Å². The Balaban J connectivity index is 1.68. The Morgan fingerprint density at radius 1 is 1.09 bits per heavy atom. The Hall–Kier alpha value is -3.21. The highest BCUT2D eigenvalue weighted by Crippen LogP contribution is 2.40. The van der Waals surface area contributed by atoms with Crippen LogP contribution in [0.3, 0.4) is 0 Å². The van der Waals surface area contributed by atoms with Gasteiger partial charge in [-0.2, -0.15) is 0 Å². The number of nitrogens with zero attached hydrogens (tertiary/aromatic N) is 4. The van der Waals surface area contributed by atoms with Crippen molar-refractivity contribution in [2.45, 2.75) is 37.6 Å². The maximum atomic E-state index is 14.5. The molecule has 1 saturated heterocycles. The summed E-state index contributed by atoms with van der Waals surface area (Å²) in [6, 6.07) is 12.1. The van der Waals surface area contributed by atoms with E-state index in [0.29, 0.717) is 36.1 Å². The van der Waals surface area contributed by atoms with Gasteiger partial charge in [-0.1, -0.05) is 35.9 Å². The summed E-state index contributed by atoms with van der Waals surface area (Å²) < 4.78 is 15.9. The van der Waals surface area contributed by atoms with Crippen molar-refractivity contribution in [1.29, 1.82) is 0 Å². The summed E-state index contributed by atoms with van der Waals surface area (Å²) in [6.07, 6.45) is 3.90. The summed E-state index contributed by atoms with van der Waals surface area (Å²) in [5.74, 6) is 0.584. The first-order valence-electron chi connectivity index (χ1n) is 11.1. The van der Waals surface area contributed by atoms with Gasteiger partial charge in [-0.05, 0) is 55.4 Å². The van der Waals surface area contributed by atoms with Gasteiger partial charge in [0.1, 0.15) is 16.7 Å². The van der Waals surface area contributed by atoms with Crippen LogP contribution in [-0.2, 0) is 0 Å². The number of halogens is 2. The van der Waals surface area contributed by atoms with Crippen molar-refractivity contribution in [3.63, 3.8) is 0 Å². The Labute approximate surface area is 196 Å². The zero-order valence-corrected chi connectivity index (χ0v) is 18.7. The second kappa shape index (κ2) is 8.62. The van der Waals surface area contributed by atoms with Gasteiger partial charge in [-0.15, -0.1) is 0 Å². The molecule has 3 aromatic rings. The molecule has 2 aliphatic rings. The lowest BCUT2D eigenvalue weighted by Crippen LogP contribution is -2.41. The van der Waals surface area contributed by atoms with Gasteiger partial charge in [-0.3, -0.25) is 9.36 Å². The van der Waals surface area contributed by atoms with Crippen LogP contribution in [-0.4, -0.2) is 28.7 Å². The van der Waals surface area contributed by atoms with Crippen molar-refractivity contribution in [2.75, 3.05) is 18.0 Å². The average molecular weight is 464 g/mol. The molecule has 0 atom stereocenters. The van der Waals surface area contributed by atoms with Crippen LogP contribution in [0.1, 0.15) is 37.2 Å². The number of anilines is 1. The van der Waals surface area contributed by atoms with Crippen LogP contribution in [0.4, 0.5) is 15.9 Å². The predicted octanol–water partition coefficient (Wildman–Crippen LogP) is 5.05. The molecule has 0 unspecified atom stereocenters. The quantitative estimate of drug-likeness (QED) is 0.550. The number of rotatable bonds is 4. The van der Waals surface area contributed by atoms with Crippen molar-refractivity contribution in [3.8, 4) is 17.1 Å². The first kappa shape index (κ1) is 21.6. The summed E-state index contributed by atoms with van der Waals surface area (Å²) in [5.41, 5.74) is 7.78. The molecule has 2 heterocycles. The molecule has 8 heteroatoms. The van der Waals surface area contributed by atoms with Gasteiger partial charge in [0, 0.05) is 24.7 Å². The van der Waals surface area contributed by atoms with E-state index >= 15 is 0 Å². The summed E-state index contributed by atoms with van der Waals surface area (Å²) >= 11 is 6.57. The fraction of sp³-hybridized carbons (Fsp3) is 0.320. The monoisotopic (exact) mass is 463 g/mol. The number of hydrogen-bond donors (Lipinski definition) is 1. The molecule has 5 rings (SSSR count). The standard InChI is InChI=1S/C25H23ClFN5O/c1-29-21-9-6-17(14-20(21)27)23-30-24(31-12-10-18(28)11-13-31)22(26)25(33)32(23)19-7-4-16(5-8-19)15-2-3-15/h4-9,14-15,18H,2-3,10-13,28H2. The molecule has 1 aliphatic heterocycles. The Morgan fingerprint density at radius 3 is 2.39 bits per heavy atom. The Bertz CT molecular complexity index is 1300. The van der Waals surface area contributed by atoms with E-state index in [1.807, 2.05) is 29.2 Å². The lowest BCUT2D eigenvalue weighted by Gasteiger charge is -2.32. The lowest BCUT2D eigenvalue weighted by molar-refractivity contribution is 0.498. The molecule has 33 heavy (non-hydrogen) atoms. The molecular weight excluding hydrogens is 441 g/mol. The van der Waals surface area contributed by atoms with Crippen molar-refractivity contribution in [3.05, 3.63) is 80.6 Å². The highest BCUT2D eigenvalue weighted by Gasteiger charge is 2.26. The molecule has 1 aliphatic carbocycles. The van der Waals surface area contributed by atoms with E-state index in [9.17, 15) is 9.18 Å². The van der Waals surface area contributed by atoms with E-state index in [2.05, 4.69) is 4.85 Å². The van der Waals surface area contributed by atoms with Gasteiger partial charge in [0.25, 0.3) is 5.56 Å². The topological polar surface area (TPSA) is 68.5 Å². The molecule has 1 saturated carbocycles. The van der Waals surface area contributed by atoms with Crippen molar-refractivity contribution in [1.82, 2.24) is 9.55 Å². The summed E-state index contributed by atoms with van der Waals surface area (Å²) in [4.78, 5) is 23.4. The van der Waals surface area contributed by atoms with E-state index < -0.39 is 11.4 Å². The number of piperidine rings is 1. The average Bonchev–Trinajstić information content (AvgIpc) is 3.67. The summed E-state index contributed by atoms with van der Waals surface area (Å²) in [6.45, 7) is 8.40. The minimum Gasteiger partial charge on any atom is -0.355 e. The van der Waals surface area contributed by atoms with Crippen LogP contribution in [0.25, 0.3) is 21.9 Å². The summed E-state index contributed by atoms with van der Waals surface area (Å²) in [5, 5.41) is 0.0266. The molecule has 2 N–H and O–H groups in total. The van der Waals surface area contributed by atoms with Gasteiger partial charge in [0.2, 0.25) is 5.69 Å². The minimum absolute atomic E-state index is 0.0266. The molecule has 0 amide bonds. The SMILES string of the molecule is [C-]#[N+]c1ccc(-c2nc(N3CCC(N)CC3)c(Cl)c(=O)n2-c2ccc(C3CC3)cc2)cc1F. The van der Waals surface area contributed by atoms with Gasteiger partial charge in [0.15, 0.2) is 5.82 Å². The van der Waals surface area contributed by atoms with Crippen LogP contribution in [0.2, 0.25) is 5.02 Å². The third kappa shape index (κ3) is 4.12. The van der Waals surface area contributed by atoms with Crippen LogP contribution < -0.4 is 16.2 Å². The number of hydrogen-bond acceptors (Lipinski definition) is 4. The zero-order chi connectivity index (χ0) is 23.1. The highest BCUT2D eigenvalue weighted by atomic mass is 35.5. The van der Waals surface area contributed by atoms with Crippen molar-refractivity contribution >= 4 is 23.1 Å². The number of nitrogens with two attached hydrogens (primary N) is 1. The third-order valence-corrected chi connectivity index (χ3v) is 6.71. The van der Waals surface area contributed by atoms with Crippen LogP contribution in [0.15, 0.2) is 47.3 Å². The zero-order valence-electron chi connectivity index (χ0n) is 18.0. The van der Waals surface area contributed by atoms with E-state index in [1.54, 1.807) is 6.07 Å². The van der Waals surface area contributed by atoms with Crippen molar-refractivity contribution in [2.24, 2.45) is 5.73 Å². The van der Waals surface area contributed by atoms with Gasteiger partial charge >= 0.3 is 0 Å². The van der Waals surface area contributed by atoms with Crippen molar-refractivity contribution < 1.29 is 4.39 Å². The maximum absolute atomic E-state index is 14.5. The second-order valence-corrected chi connectivity index (χ2v) is 9.06. The number of aromatic nitrogens is 2. The van der Waals surface area contributed by atoms with Gasteiger partial charge in [-0.25, -0.2) is 14.2 Å². The van der Waals surface area contributed by atoms with Gasteiger partial charge in [0.05, 0.1) is 12.3 Å². The molecule has 168 valence electrons. The molecule has 0 spiro atoms. The molecule has 0 bridgehead atoms. The second-order valence-electron chi connectivity index (χ2n) is 8.68. The molecule has 2 aromatic carbocycles. The molecule has 6 nitrogen and oxygen atoms in total. The van der Waals surface area contributed by atoms with E-state index in [4.69, 9.17) is 28.9 Å². The fourth-order valence-corrected chi connectivity index (χ4v) is 4.54. The molecule has 0 radical (unpaired) electrons. The first-order chi connectivity index (χ1) is 16.0. The Kier molecular flexibility index (Phi) is 5.65. The minimum atomic E-state index is -0.659. The highest BCUT2D eigenvalue weighted by molar-refractivity contribution is 6.32. The molecular formula is C25H23ClFN5O. The van der Waals surface area contributed by atoms with Gasteiger partial charge < -0.3 is 10.6 Å². The normalized spacial score (nSPS) is 16.6. The Morgan fingerprint density at radius 2 is 1.79 bits per heavy atom. The smallest absolute Gasteiger partial charge is 0.279 e. The summed E-state index contributed by atoms with van der Waals surface area (Å²) in [7, 11) is 0. The lowest BCUT2D eigenvalue weighted by atomic mass is 10.1. The number of benzene rings is 2. The van der Waals surface area contributed by atoms with Crippen LogP contribution in [0, 0.1) is 12.4 Å². The van der Waals surface area contributed by atoms with E-state index in [-0.39, 0.29) is 22.6 Å². The largest absolute Gasteiger partial charge is 0.355 e. The third-order valence-electron chi connectivity index (χ3n) is 6.38. The fourth-order valence-electron chi connectivity index (χ4n) is 4.29. The maximum Gasteiger partial charge on any atom is 0.279 e. The molecule has 2 fully saturated rings. The predicted molar refractivity (Wildman–Crippen MR) is 128 cm³/mol. The molecule has 1 aromatic heterocycles. The first-order valence-corrected chi connectivity index (χ1v) is 11.4. The van der Waals surface area contributed by atoms with E-state index in [1.165, 1.54) is 35.1 Å².